The van der Waals surface area contributed by atoms with Gasteiger partial charge in [0.25, 0.3) is 0 Å². The van der Waals surface area contributed by atoms with Gasteiger partial charge >= 0.3 is 0 Å². The average molecular weight is 180 g/mol. The van der Waals surface area contributed by atoms with Crippen LogP contribution in [0.15, 0.2) is 22.0 Å². The van der Waals surface area contributed by atoms with Gasteiger partial charge in [-0.25, -0.2) is 0 Å². The Morgan fingerprint density at radius 2 is 2.33 bits per heavy atom. The second kappa shape index (κ2) is 2.64. The third-order valence-electron chi connectivity index (χ3n) is 1.51. The summed E-state index contributed by atoms with van der Waals surface area (Å²) in [5.74, 6) is 0.357. The lowest BCUT2D eigenvalue weighted by atomic mass is 10.3. The summed E-state index contributed by atoms with van der Waals surface area (Å²) < 4.78 is 4.76. The Hall–Kier alpha value is -1.29. The molecule has 0 aliphatic carbocycles. The van der Waals surface area contributed by atoms with Gasteiger partial charge in [-0.1, -0.05) is 5.16 Å². The Morgan fingerprint density at radius 3 is 2.83 bits per heavy atom. The number of aromatic nitrogens is 1. The van der Waals surface area contributed by atoms with Crippen LogP contribution in [0.3, 0.4) is 0 Å². The predicted octanol–water partition coefficient (Wildman–Crippen LogP) is 2.29. The third kappa shape index (κ3) is 1.21. The first kappa shape index (κ1) is 7.36. The zero-order valence-electron chi connectivity index (χ0n) is 6.57. The molecular formula is C8H8N2OS. The maximum Gasteiger partial charge on any atom is 0.222 e. The van der Waals surface area contributed by atoms with E-state index in [-0.39, 0.29) is 0 Å². The summed E-state index contributed by atoms with van der Waals surface area (Å²) in [6.07, 6.45) is 0. The van der Waals surface area contributed by atoms with Crippen LogP contribution in [-0.4, -0.2) is 5.16 Å². The van der Waals surface area contributed by atoms with Gasteiger partial charge in [-0.3, -0.25) is 0 Å². The lowest BCUT2D eigenvalue weighted by Crippen LogP contribution is -1.75. The number of nitrogens with two attached hydrogens (primary N) is 1. The largest absolute Gasteiger partial charge is 0.368 e. The number of hydrogen-bond acceptors (Lipinski definition) is 4. The van der Waals surface area contributed by atoms with Gasteiger partial charge in [0.15, 0.2) is 0 Å². The molecule has 0 bridgehead atoms. The maximum atomic E-state index is 5.40. The molecule has 3 nitrogen and oxygen atoms in total. The number of anilines is 1. The molecule has 2 aromatic heterocycles. The third-order valence-corrected chi connectivity index (χ3v) is 2.58. The fourth-order valence-electron chi connectivity index (χ4n) is 0.971. The zero-order valence-corrected chi connectivity index (χ0v) is 7.39. The SMILES string of the molecule is Cc1csc(-c2cc(N)on2)c1. The molecule has 12 heavy (non-hydrogen) atoms. The van der Waals surface area contributed by atoms with Crippen molar-refractivity contribution >= 4 is 17.2 Å². The molecule has 2 heterocycles. The van der Waals surface area contributed by atoms with Gasteiger partial charge in [0, 0.05) is 6.07 Å². The fraction of sp³-hybridized carbons (Fsp3) is 0.125. The molecule has 0 fully saturated rings. The molecule has 0 amide bonds. The molecule has 0 spiro atoms. The lowest BCUT2D eigenvalue weighted by molar-refractivity contribution is 0.439. The van der Waals surface area contributed by atoms with Crippen LogP contribution in [0.2, 0.25) is 0 Å². The second-order valence-electron chi connectivity index (χ2n) is 2.60. The fourth-order valence-corrected chi connectivity index (χ4v) is 1.82. The number of thiophene rings is 1. The Balaban J connectivity index is 2.43. The molecule has 0 aliphatic rings. The van der Waals surface area contributed by atoms with Crippen molar-refractivity contribution in [3.05, 3.63) is 23.1 Å². The Labute approximate surface area is 73.8 Å². The van der Waals surface area contributed by atoms with Gasteiger partial charge < -0.3 is 10.3 Å². The highest BCUT2D eigenvalue weighted by molar-refractivity contribution is 7.13. The molecule has 0 unspecified atom stereocenters. The average Bonchev–Trinajstić information content (AvgIpc) is 2.58. The standard InChI is InChI=1S/C8H8N2OS/c1-5-2-7(12-4-5)6-3-8(9)11-10-6/h2-4H,9H2,1H3. The van der Waals surface area contributed by atoms with Gasteiger partial charge in [-0.2, -0.15) is 0 Å². The maximum absolute atomic E-state index is 5.40. The normalized spacial score (nSPS) is 10.4. The zero-order chi connectivity index (χ0) is 8.55. The highest BCUT2D eigenvalue weighted by Gasteiger charge is 2.05. The van der Waals surface area contributed by atoms with E-state index in [1.807, 2.05) is 6.92 Å². The Morgan fingerprint density at radius 1 is 1.50 bits per heavy atom. The van der Waals surface area contributed by atoms with Crippen molar-refractivity contribution < 1.29 is 4.52 Å². The minimum atomic E-state index is 0.357. The van der Waals surface area contributed by atoms with Crippen LogP contribution in [0, 0.1) is 6.92 Å². The van der Waals surface area contributed by atoms with Crippen molar-refractivity contribution in [3.63, 3.8) is 0 Å². The van der Waals surface area contributed by atoms with Crippen molar-refractivity contribution in [1.82, 2.24) is 5.16 Å². The molecule has 2 rings (SSSR count). The summed E-state index contributed by atoms with van der Waals surface area (Å²) in [6.45, 7) is 2.05. The molecule has 2 N–H and O–H groups in total. The highest BCUT2D eigenvalue weighted by Crippen LogP contribution is 2.26. The smallest absolute Gasteiger partial charge is 0.222 e. The van der Waals surface area contributed by atoms with Gasteiger partial charge in [-0.15, -0.1) is 11.3 Å². The minimum absolute atomic E-state index is 0.357. The molecule has 2 aromatic rings. The van der Waals surface area contributed by atoms with E-state index in [9.17, 15) is 0 Å². The first-order valence-electron chi connectivity index (χ1n) is 3.53. The van der Waals surface area contributed by atoms with Gasteiger partial charge in [0.2, 0.25) is 5.88 Å². The lowest BCUT2D eigenvalue weighted by Gasteiger charge is -1.82. The van der Waals surface area contributed by atoms with Crippen LogP contribution in [-0.2, 0) is 0 Å². The number of nitrogen functional groups attached to an aromatic ring is 1. The van der Waals surface area contributed by atoms with Crippen LogP contribution in [0.5, 0.6) is 0 Å². The van der Waals surface area contributed by atoms with Gasteiger partial charge in [0.1, 0.15) is 5.69 Å². The van der Waals surface area contributed by atoms with E-state index in [0.29, 0.717) is 5.88 Å². The van der Waals surface area contributed by atoms with Crippen LogP contribution >= 0.6 is 11.3 Å². The Kier molecular flexibility index (Phi) is 1.62. The van der Waals surface area contributed by atoms with Crippen LogP contribution < -0.4 is 5.73 Å². The summed E-state index contributed by atoms with van der Waals surface area (Å²) in [4.78, 5) is 1.09. The van der Waals surface area contributed by atoms with E-state index in [1.54, 1.807) is 17.4 Å². The molecule has 62 valence electrons. The minimum Gasteiger partial charge on any atom is -0.368 e. The Bertz CT molecular complexity index is 353. The summed E-state index contributed by atoms with van der Waals surface area (Å²) in [6, 6.07) is 3.78. The predicted molar refractivity (Wildman–Crippen MR) is 49.0 cm³/mol. The summed E-state index contributed by atoms with van der Waals surface area (Å²) >= 11 is 1.64. The van der Waals surface area contributed by atoms with Crippen LogP contribution in [0.4, 0.5) is 5.88 Å². The van der Waals surface area contributed by atoms with Crippen LogP contribution in [0.25, 0.3) is 10.6 Å². The summed E-state index contributed by atoms with van der Waals surface area (Å²) in [5, 5.41) is 5.88. The van der Waals surface area contributed by atoms with Crippen molar-refractivity contribution in [2.24, 2.45) is 0 Å². The molecule has 0 saturated carbocycles. The number of nitrogens with zero attached hydrogens (tertiary/aromatic N) is 1. The monoisotopic (exact) mass is 180 g/mol. The molecule has 0 atom stereocenters. The molecule has 0 aliphatic heterocycles. The molecule has 0 aromatic carbocycles. The summed E-state index contributed by atoms with van der Waals surface area (Å²) in [7, 11) is 0. The number of aryl methyl sites for hydroxylation is 1. The first-order valence-corrected chi connectivity index (χ1v) is 4.41. The quantitative estimate of drug-likeness (QED) is 0.732. The van der Waals surface area contributed by atoms with Crippen molar-refractivity contribution in [2.75, 3.05) is 5.73 Å². The van der Waals surface area contributed by atoms with E-state index >= 15 is 0 Å². The van der Waals surface area contributed by atoms with E-state index in [1.165, 1.54) is 5.56 Å². The molecule has 4 heteroatoms. The second-order valence-corrected chi connectivity index (χ2v) is 3.51. The summed E-state index contributed by atoms with van der Waals surface area (Å²) in [5.41, 5.74) is 7.44. The van der Waals surface area contributed by atoms with E-state index in [0.717, 1.165) is 10.6 Å². The van der Waals surface area contributed by atoms with E-state index in [4.69, 9.17) is 10.3 Å². The first-order chi connectivity index (χ1) is 5.75. The van der Waals surface area contributed by atoms with Crippen molar-refractivity contribution in [2.45, 2.75) is 6.92 Å². The van der Waals surface area contributed by atoms with E-state index < -0.39 is 0 Å². The van der Waals surface area contributed by atoms with Gasteiger partial charge in [-0.05, 0) is 23.9 Å². The highest BCUT2D eigenvalue weighted by atomic mass is 32.1. The number of rotatable bonds is 1. The van der Waals surface area contributed by atoms with Crippen molar-refractivity contribution in [1.29, 1.82) is 0 Å². The molecule has 0 saturated heterocycles. The van der Waals surface area contributed by atoms with E-state index in [2.05, 4.69) is 16.6 Å². The molecule has 0 radical (unpaired) electrons. The number of hydrogen-bond donors (Lipinski definition) is 1. The molecular weight excluding hydrogens is 172 g/mol. The van der Waals surface area contributed by atoms with Crippen molar-refractivity contribution in [3.8, 4) is 10.6 Å². The van der Waals surface area contributed by atoms with Gasteiger partial charge in [0.05, 0.1) is 4.88 Å². The van der Waals surface area contributed by atoms with Crippen LogP contribution in [0.1, 0.15) is 5.56 Å². The topological polar surface area (TPSA) is 52.0 Å².